The van der Waals surface area contributed by atoms with E-state index in [4.69, 9.17) is 27.9 Å². The molecule has 6 nitrogen and oxygen atoms in total. The number of piperidine rings is 1. The van der Waals surface area contributed by atoms with Gasteiger partial charge in [-0.05, 0) is 50.2 Å². The third kappa shape index (κ3) is 3.21. The average Bonchev–Trinajstić information content (AvgIpc) is 3.14. The Kier molecular flexibility index (Phi) is 4.65. The molecule has 1 heterocycles. The van der Waals surface area contributed by atoms with Gasteiger partial charge in [0, 0.05) is 23.7 Å². The highest BCUT2D eigenvalue weighted by Gasteiger charge is 2.48. The molecule has 8 heteroatoms. The number of fused-ring (bicyclic) bond motifs is 2. The molecule has 0 spiro atoms. The molecule has 26 heavy (non-hydrogen) atoms. The minimum Gasteiger partial charge on any atom is -0.506 e. The normalized spacial score (nSPS) is 27.3. The van der Waals surface area contributed by atoms with Crippen LogP contribution in [0.3, 0.4) is 0 Å². The number of nitrogens with one attached hydrogen (secondary N) is 1. The van der Waals surface area contributed by atoms with Crippen LogP contribution in [0, 0.1) is 5.92 Å². The predicted molar refractivity (Wildman–Crippen MR) is 96.7 cm³/mol. The summed E-state index contributed by atoms with van der Waals surface area (Å²) in [4.78, 5) is 26.6. The zero-order chi connectivity index (χ0) is 18.4. The number of benzene rings is 1. The predicted octanol–water partition coefficient (Wildman–Crippen LogP) is 3.58. The molecule has 3 fully saturated rings. The van der Waals surface area contributed by atoms with Crippen molar-refractivity contribution < 1.29 is 19.4 Å². The van der Waals surface area contributed by atoms with Crippen LogP contribution in [-0.4, -0.2) is 46.7 Å². The van der Waals surface area contributed by atoms with Crippen molar-refractivity contribution in [2.24, 2.45) is 5.92 Å². The number of carbonyl (C=O) groups excluding carboxylic acids is 2. The molecule has 0 radical (unpaired) electrons. The lowest BCUT2D eigenvalue weighted by Crippen LogP contribution is -2.48. The minimum absolute atomic E-state index is 0.0421. The first-order chi connectivity index (χ1) is 12.4. The van der Waals surface area contributed by atoms with E-state index in [2.05, 4.69) is 5.32 Å². The highest BCUT2D eigenvalue weighted by molar-refractivity contribution is 6.36. The third-order valence-corrected chi connectivity index (χ3v) is 6.19. The number of halogens is 2. The Labute approximate surface area is 161 Å². The third-order valence-electron chi connectivity index (χ3n) is 5.69. The lowest BCUT2D eigenvalue weighted by Gasteiger charge is -2.34. The van der Waals surface area contributed by atoms with E-state index in [0.717, 1.165) is 25.7 Å². The zero-order valence-electron chi connectivity index (χ0n) is 14.1. The molecular formula is C18H20Cl2N2O4. The lowest BCUT2D eigenvalue weighted by molar-refractivity contribution is 0.0198. The topological polar surface area (TPSA) is 78.9 Å². The fourth-order valence-corrected chi connectivity index (χ4v) is 4.53. The van der Waals surface area contributed by atoms with E-state index in [0.29, 0.717) is 13.0 Å². The summed E-state index contributed by atoms with van der Waals surface area (Å²) in [7, 11) is 0. The maximum Gasteiger partial charge on any atom is 0.410 e. The smallest absolute Gasteiger partial charge is 0.410 e. The first kappa shape index (κ1) is 17.7. The number of rotatable bonds is 3. The van der Waals surface area contributed by atoms with Gasteiger partial charge in [0.1, 0.15) is 11.9 Å². The summed E-state index contributed by atoms with van der Waals surface area (Å²) in [6, 6.07) is 2.83. The van der Waals surface area contributed by atoms with Gasteiger partial charge in [0.2, 0.25) is 0 Å². The molecule has 1 aromatic carbocycles. The number of amides is 2. The standard InChI is InChI=1S/C18H20Cl2N2O4/c19-10-5-13(16(23)14(20)6-10)17(24)21-15-7-11-4-9(15)8-22(11)18(25)26-12-2-1-3-12/h5-6,9,11-12,15,23H,1-4,7-8H2,(H,21,24)/t9-,11-,15+/m1/s1. The van der Waals surface area contributed by atoms with Crippen LogP contribution in [0.4, 0.5) is 4.79 Å². The van der Waals surface area contributed by atoms with E-state index in [1.54, 1.807) is 4.90 Å². The van der Waals surface area contributed by atoms with Crippen LogP contribution >= 0.6 is 23.2 Å². The number of aromatic hydroxyl groups is 1. The number of ether oxygens (including phenoxy) is 1. The molecule has 2 saturated carbocycles. The van der Waals surface area contributed by atoms with Crippen molar-refractivity contribution in [3.63, 3.8) is 0 Å². The molecule has 1 aliphatic heterocycles. The van der Waals surface area contributed by atoms with Gasteiger partial charge in [-0.2, -0.15) is 0 Å². The van der Waals surface area contributed by atoms with Gasteiger partial charge in [-0.15, -0.1) is 0 Å². The molecule has 0 aromatic heterocycles. The van der Waals surface area contributed by atoms with Gasteiger partial charge in [0.05, 0.1) is 10.6 Å². The van der Waals surface area contributed by atoms with Crippen molar-refractivity contribution in [3.05, 3.63) is 27.7 Å². The molecule has 2 amide bonds. The minimum atomic E-state index is -0.409. The fourth-order valence-electron chi connectivity index (χ4n) is 4.04. The van der Waals surface area contributed by atoms with E-state index < -0.39 is 5.91 Å². The van der Waals surface area contributed by atoms with Crippen LogP contribution in [0.25, 0.3) is 0 Å². The molecule has 2 N–H and O–H groups in total. The molecule has 1 aromatic rings. The summed E-state index contributed by atoms with van der Waals surface area (Å²) < 4.78 is 5.49. The van der Waals surface area contributed by atoms with Crippen molar-refractivity contribution in [1.29, 1.82) is 0 Å². The highest BCUT2D eigenvalue weighted by atomic mass is 35.5. The van der Waals surface area contributed by atoms with Crippen LogP contribution in [-0.2, 0) is 4.74 Å². The molecule has 4 rings (SSSR count). The maximum atomic E-state index is 12.5. The fraction of sp³-hybridized carbons (Fsp3) is 0.556. The molecule has 3 atom stereocenters. The van der Waals surface area contributed by atoms with Crippen molar-refractivity contribution in [2.45, 2.75) is 50.3 Å². The molecule has 2 bridgehead atoms. The second-order valence-corrected chi connectivity index (χ2v) is 8.18. The molecular weight excluding hydrogens is 379 g/mol. The van der Waals surface area contributed by atoms with Gasteiger partial charge < -0.3 is 20.1 Å². The van der Waals surface area contributed by atoms with Crippen LogP contribution in [0.15, 0.2) is 12.1 Å². The number of phenolic OH excluding ortho intramolecular Hbond substituents is 1. The van der Waals surface area contributed by atoms with Gasteiger partial charge in [-0.1, -0.05) is 23.2 Å². The number of nitrogens with zero attached hydrogens (tertiary/aromatic N) is 1. The Morgan fingerprint density at radius 1 is 1.23 bits per heavy atom. The van der Waals surface area contributed by atoms with Gasteiger partial charge in [-0.3, -0.25) is 4.79 Å². The SMILES string of the molecule is O=C(N[C@H]1C[C@H]2C[C@@H]1CN2C(=O)OC1CCC1)c1cc(Cl)cc(Cl)c1O. The van der Waals surface area contributed by atoms with E-state index in [1.165, 1.54) is 12.1 Å². The van der Waals surface area contributed by atoms with Crippen molar-refractivity contribution in [3.8, 4) is 5.75 Å². The summed E-state index contributed by atoms with van der Waals surface area (Å²) in [5, 5.41) is 13.3. The highest BCUT2D eigenvalue weighted by Crippen LogP contribution is 2.39. The number of carbonyl (C=O) groups is 2. The number of hydrogen-bond acceptors (Lipinski definition) is 4. The van der Waals surface area contributed by atoms with E-state index in [-0.39, 0.29) is 51.6 Å². The Morgan fingerprint density at radius 3 is 2.62 bits per heavy atom. The lowest BCUT2D eigenvalue weighted by atomic mass is 9.96. The summed E-state index contributed by atoms with van der Waals surface area (Å²) in [5.74, 6) is -0.495. The van der Waals surface area contributed by atoms with Gasteiger partial charge in [0.25, 0.3) is 5.91 Å². The Balaban J connectivity index is 1.37. The Bertz CT molecular complexity index is 753. The van der Waals surface area contributed by atoms with Crippen LogP contribution in [0.5, 0.6) is 5.75 Å². The molecule has 3 aliphatic rings. The monoisotopic (exact) mass is 398 g/mol. The number of likely N-dealkylation sites (tertiary alicyclic amines) is 1. The van der Waals surface area contributed by atoms with E-state index in [9.17, 15) is 14.7 Å². The van der Waals surface area contributed by atoms with Crippen molar-refractivity contribution in [2.75, 3.05) is 6.54 Å². The van der Waals surface area contributed by atoms with Crippen LogP contribution < -0.4 is 5.32 Å². The Hall–Kier alpha value is -1.66. The first-order valence-corrected chi connectivity index (χ1v) is 9.64. The quantitative estimate of drug-likeness (QED) is 0.815. The summed E-state index contributed by atoms with van der Waals surface area (Å²) in [5.41, 5.74) is 0.0616. The second kappa shape index (κ2) is 6.82. The molecule has 0 unspecified atom stereocenters. The summed E-state index contributed by atoms with van der Waals surface area (Å²) >= 11 is 11.8. The summed E-state index contributed by atoms with van der Waals surface area (Å²) in [6.45, 7) is 0.587. The maximum absolute atomic E-state index is 12.5. The van der Waals surface area contributed by atoms with Crippen LogP contribution in [0.1, 0.15) is 42.5 Å². The summed E-state index contributed by atoms with van der Waals surface area (Å²) in [6.07, 6.45) is 4.42. The Morgan fingerprint density at radius 2 is 2.00 bits per heavy atom. The van der Waals surface area contributed by atoms with Crippen LogP contribution in [0.2, 0.25) is 10.0 Å². The number of hydrogen-bond donors (Lipinski definition) is 2. The van der Waals surface area contributed by atoms with Crippen molar-refractivity contribution >= 4 is 35.2 Å². The largest absolute Gasteiger partial charge is 0.506 e. The number of phenols is 1. The van der Waals surface area contributed by atoms with E-state index in [1.807, 2.05) is 0 Å². The van der Waals surface area contributed by atoms with Gasteiger partial charge >= 0.3 is 6.09 Å². The van der Waals surface area contributed by atoms with E-state index >= 15 is 0 Å². The second-order valence-electron chi connectivity index (χ2n) is 7.34. The molecule has 2 aliphatic carbocycles. The molecule has 140 valence electrons. The molecule has 1 saturated heterocycles. The average molecular weight is 399 g/mol. The van der Waals surface area contributed by atoms with Gasteiger partial charge in [-0.25, -0.2) is 4.79 Å². The van der Waals surface area contributed by atoms with Gasteiger partial charge in [0.15, 0.2) is 0 Å². The first-order valence-electron chi connectivity index (χ1n) is 8.88. The van der Waals surface area contributed by atoms with Crippen molar-refractivity contribution in [1.82, 2.24) is 10.2 Å². The zero-order valence-corrected chi connectivity index (χ0v) is 15.6.